The normalized spacial score (nSPS) is 16.8. The smallest absolute Gasteiger partial charge is 0.319 e. The maximum atomic E-state index is 11.8. The molecular weight excluding hydrogens is 358 g/mol. The number of carbonyl (C=O) groups is 1. The summed E-state index contributed by atoms with van der Waals surface area (Å²) < 4.78 is 7.00. The van der Waals surface area contributed by atoms with Gasteiger partial charge in [0, 0.05) is 22.7 Å². The zero-order chi connectivity index (χ0) is 17.2. The molecular formula is C18H14ClN3O2S. The summed E-state index contributed by atoms with van der Waals surface area (Å²) >= 11 is 7.40. The third-order valence-corrected chi connectivity index (χ3v) is 5.32. The number of rotatable bonds is 4. The van der Waals surface area contributed by atoms with Crippen molar-refractivity contribution in [2.24, 2.45) is 0 Å². The summed E-state index contributed by atoms with van der Waals surface area (Å²) in [6.07, 6.45) is 0.678. The molecule has 126 valence electrons. The first-order valence-electron chi connectivity index (χ1n) is 7.82. The molecule has 1 fully saturated rings. The van der Waals surface area contributed by atoms with Gasteiger partial charge >= 0.3 is 5.97 Å². The molecule has 0 spiro atoms. The second-order valence-corrected chi connectivity index (χ2v) is 7.15. The van der Waals surface area contributed by atoms with Crippen molar-refractivity contribution in [1.29, 1.82) is 0 Å². The second-order valence-electron chi connectivity index (χ2n) is 5.55. The number of halogens is 1. The Hall–Kier alpha value is -2.31. The highest BCUT2D eigenvalue weighted by atomic mass is 35.5. The number of hydrogen-bond acceptors (Lipinski definition) is 5. The van der Waals surface area contributed by atoms with Gasteiger partial charge in [-0.1, -0.05) is 53.7 Å². The van der Waals surface area contributed by atoms with E-state index in [9.17, 15) is 4.79 Å². The second kappa shape index (κ2) is 6.90. The number of esters is 1. The lowest BCUT2D eigenvalue weighted by molar-refractivity contribution is -0.137. The van der Waals surface area contributed by atoms with Crippen LogP contribution < -0.4 is 0 Å². The predicted octanol–water partition coefficient (Wildman–Crippen LogP) is 4.00. The first-order chi connectivity index (χ1) is 12.2. The Morgan fingerprint density at radius 2 is 1.84 bits per heavy atom. The van der Waals surface area contributed by atoms with Crippen molar-refractivity contribution >= 4 is 29.3 Å². The van der Waals surface area contributed by atoms with Crippen molar-refractivity contribution in [2.75, 3.05) is 6.61 Å². The standard InChI is InChI=1S/C18H14ClN3O2S/c19-13-6-8-14(9-7-13)22-16(12-4-2-1-3-5-12)20-21-18(22)25-15-10-11-24-17(15)23/h1-9,15H,10-11H2. The van der Waals surface area contributed by atoms with Gasteiger partial charge in [0.1, 0.15) is 5.25 Å². The van der Waals surface area contributed by atoms with Crippen LogP contribution in [0.4, 0.5) is 0 Å². The molecule has 3 aromatic rings. The van der Waals surface area contributed by atoms with Gasteiger partial charge in [-0.05, 0) is 24.3 Å². The van der Waals surface area contributed by atoms with E-state index in [-0.39, 0.29) is 11.2 Å². The lowest BCUT2D eigenvalue weighted by atomic mass is 10.2. The van der Waals surface area contributed by atoms with Crippen molar-refractivity contribution in [3.8, 4) is 17.1 Å². The molecule has 2 heterocycles. The number of ether oxygens (including phenoxy) is 1. The topological polar surface area (TPSA) is 57.0 Å². The van der Waals surface area contributed by atoms with Gasteiger partial charge < -0.3 is 4.74 Å². The van der Waals surface area contributed by atoms with Crippen molar-refractivity contribution in [3.05, 3.63) is 59.6 Å². The zero-order valence-electron chi connectivity index (χ0n) is 13.1. The number of hydrogen-bond donors (Lipinski definition) is 0. The first-order valence-corrected chi connectivity index (χ1v) is 9.08. The molecule has 25 heavy (non-hydrogen) atoms. The Bertz CT molecular complexity index is 896. The third kappa shape index (κ3) is 3.27. The number of cyclic esters (lactones) is 1. The number of thioether (sulfide) groups is 1. The first kappa shape index (κ1) is 16.2. The fourth-order valence-corrected chi connectivity index (χ4v) is 3.80. The van der Waals surface area contributed by atoms with E-state index in [1.165, 1.54) is 11.8 Å². The van der Waals surface area contributed by atoms with Gasteiger partial charge in [-0.3, -0.25) is 9.36 Å². The molecule has 0 bridgehead atoms. The summed E-state index contributed by atoms with van der Waals surface area (Å²) in [5.74, 6) is 0.522. The molecule has 0 amide bonds. The van der Waals surface area contributed by atoms with E-state index in [0.29, 0.717) is 23.2 Å². The molecule has 0 aliphatic carbocycles. The average molecular weight is 372 g/mol. The van der Waals surface area contributed by atoms with Gasteiger partial charge in [0.05, 0.1) is 6.61 Å². The van der Waals surface area contributed by atoms with Gasteiger partial charge in [0.25, 0.3) is 0 Å². The van der Waals surface area contributed by atoms with Gasteiger partial charge in [0.15, 0.2) is 11.0 Å². The molecule has 0 radical (unpaired) electrons. The summed E-state index contributed by atoms with van der Waals surface area (Å²) in [5.41, 5.74) is 1.84. The van der Waals surface area contributed by atoms with Crippen molar-refractivity contribution in [2.45, 2.75) is 16.8 Å². The molecule has 1 aromatic heterocycles. The van der Waals surface area contributed by atoms with E-state index in [2.05, 4.69) is 10.2 Å². The van der Waals surface area contributed by atoms with Crippen LogP contribution in [0.15, 0.2) is 59.8 Å². The molecule has 4 rings (SSSR count). The highest BCUT2D eigenvalue weighted by molar-refractivity contribution is 8.00. The van der Waals surface area contributed by atoms with E-state index in [4.69, 9.17) is 16.3 Å². The van der Waals surface area contributed by atoms with E-state index in [1.54, 1.807) is 0 Å². The summed E-state index contributed by atoms with van der Waals surface area (Å²) in [7, 11) is 0. The van der Waals surface area contributed by atoms with Crippen LogP contribution in [0.3, 0.4) is 0 Å². The van der Waals surface area contributed by atoms with Crippen LogP contribution in [0.1, 0.15) is 6.42 Å². The number of carbonyl (C=O) groups excluding carboxylic acids is 1. The van der Waals surface area contributed by atoms with Crippen LogP contribution in [0.5, 0.6) is 0 Å². The summed E-state index contributed by atoms with van der Waals surface area (Å²) in [4.78, 5) is 11.8. The Balaban J connectivity index is 1.80. The molecule has 0 saturated carbocycles. The fourth-order valence-electron chi connectivity index (χ4n) is 2.66. The Morgan fingerprint density at radius 1 is 1.08 bits per heavy atom. The molecule has 1 unspecified atom stereocenters. The predicted molar refractivity (Wildman–Crippen MR) is 97.0 cm³/mol. The maximum Gasteiger partial charge on any atom is 0.319 e. The minimum atomic E-state index is -0.251. The van der Waals surface area contributed by atoms with Gasteiger partial charge in [-0.2, -0.15) is 0 Å². The highest BCUT2D eigenvalue weighted by Crippen LogP contribution is 2.33. The van der Waals surface area contributed by atoms with Gasteiger partial charge in [0.2, 0.25) is 0 Å². The van der Waals surface area contributed by atoms with Crippen LogP contribution >= 0.6 is 23.4 Å². The van der Waals surface area contributed by atoms with Crippen LogP contribution in [0.25, 0.3) is 17.1 Å². The Morgan fingerprint density at radius 3 is 2.52 bits per heavy atom. The van der Waals surface area contributed by atoms with Crippen molar-refractivity contribution in [3.63, 3.8) is 0 Å². The Labute approximate surface area is 154 Å². The number of nitrogens with zero attached hydrogens (tertiary/aromatic N) is 3. The van der Waals surface area contributed by atoms with Crippen LogP contribution in [0.2, 0.25) is 5.02 Å². The average Bonchev–Trinajstić information content (AvgIpc) is 3.24. The van der Waals surface area contributed by atoms with Crippen molar-refractivity contribution < 1.29 is 9.53 Å². The molecule has 1 aliphatic rings. The minimum Gasteiger partial charge on any atom is -0.465 e. The lowest BCUT2D eigenvalue weighted by Crippen LogP contribution is -2.11. The van der Waals surface area contributed by atoms with E-state index < -0.39 is 0 Å². The molecule has 7 heteroatoms. The maximum absolute atomic E-state index is 11.8. The minimum absolute atomic E-state index is 0.197. The number of benzene rings is 2. The highest BCUT2D eigenvalue weighted by Gasteiger charge is 2.30. The van der Waals surface area contributed by atoms with Gasteiger partial charge in [-0.25, -0.2) is 0 Å². The van der Waals surface area contributed by atoms with Crippen LogP contribution in [0, 0.1) is 0 Å². The lowest BCUT2D eigenvalue weighted by Gasteiger charge is -2.11. The quantitative estimate of drug-likeness (QED) is 0.649. The SMILES string of the molecule is O=C1OCCC1Sc1nnc(-c2ccccc2)n1-c1ccc(Cl)cc1. The summed E-state index contributed by atoms with van der Waals surface area (Å²) in [6.45, 7) is 0.455. The largest absolute Gasteiger partial charge is 0.465 e. The van der Waals surface area contributed by atoms with Crippen LogP contribution in [-0.4, -0.2) is 32.6 Å². The third-order valence-electron chi connectivity index (χ3n) is 3.89. The zero-order valence-corrected chi connectivity index (χ0v) is 14.7. The van der Waals surface area contributed by atoms with E-state index >= 15 is 0 Å². The molecule has 1 atom stereocenters. The molecule has 2 aromatic carbocycles. The molecule has 1 saturated heterocycles. The van der Waals surface area contributed by atoms with E-state index in [0.717, 1.165) is 17.1 Å². The summed E-state index contributed by atoms with van der Waals surface area (Å²) in [6, 6.07) is 17.3. The van der Waals surface area contributed by atoms with E-state index in [1.807, 2.05) is 59.2 Å². The monoisotopic (exact) mass is 371 g/mol. The van der Waals surface area contributed by atoms with Gasteiger partial charge in [-0.15, -0.1) is 10.2 Å². The Kier molecular flexibility index (Phi) is 4.46. The molecule has 1 aliphatic heterocycles. The fraction of sp³-hybridized carbons (Fsp3) is 0.167. The van der Waals surface area contributed by atoms with Crippen LogP contribution in [-0.2, 0) is 9.53 Å². The molecule has 0 N–H and O–H groups in total. The van der Waals surface area contributed by atoms with Crippen molar-refractivity contribution in [1.82, 2.24) is 14.8 Å². The molecule has 5 nitrogen and oxygen atoms in total. The number of aromatic nitrogens is 3. The summed E-state index contributed by atoms with van der Waals surface area (Å²) in [5, 5.41) is 9.75.